The lowest BCUT2D eigenvalue weighted by atomic mass is 9.94. The molecule has 0 amide bonds. The van der Waals surface area contributed by atoms with E-state index in [2.05, 4.69) is 5.43 Å². The van der Waals surface area contributed by atoms with Gasteiger partial charge in [0, 0.05) is 6.04 Å². The quantitative estimate of drug-likeness (QED) is 0.439. The van der Waals surface area contributed by atoms with Gasteiger partial charge in [0.2, 0.25) is 0 Å². The van der Waals surface area contributed by atoms with Crippen LogP contribution in [-0.4, -0.2) is 6.04 Å². The number of nitrogens with one attached hydrogen (secondary N) is 1. The van der Waals surface area contributed by atoms with E-state index < -0.39 is 0 Å². The van der Waals surface area contributed by atoms with Crippen molar-refractivity contribution >= 4 is 24.8 Å². The molecule has 52 valence electrons. The zero-order chi connectivity index (χ0) is 4.41. The highest BCUT2D eigenvalue weighted by molar-refractivity contribution is 5.85. The van der Waals surface area contributed by atoms with Crippen molar-refractivity contribution < 1.29 is 0 Å². The lowest BCUT2D eigenvalue weighted by molar-refractivity contribution is 0.345. The van der Waals surface area contributed by atoms with E-state index in [4.69, 9.17) is 5.84 Å². The van der Waals surface area contributed by atoms with Gasteiger partial charge in [-0.15, -0.1) is 24.8 Å². The second-order valence-corrected chi connectivity index (χ2v) is 1.79. The number of hydrogen-bond acceptors (Lipinski definition) is 2. The number of hydrogen-bond donors (Lipinski definition) is 2. The Labute approximate surface area is 62.0 Å². The monoisotopic (exact) mass is 158 g/mol. The first-order chi connectivity index (χ1) is 2.93. The van der Waals surface area contributed by atoms with Crippen molar-refractivity contribution in [1.29, 1.82) is 0 Å². The van der Waals surface area contributed by atoms with Gasteiger partial charge < -0.3 is 0 Å². The van der Waals surface area contributed by atoms with Crippen LogP contribution in [0.5, 0.6) is 0 Å². The molecule has 0 saturated heterocycles. The predicted octanol–water partition coefficient (Wildman–Crippen LogP) is 0.846. The molecule has 1 aliphatic carbocycles. The molecule has 2 nitrogen and oxygen atoms in total. The smallest absolute Gasteiger partial charge is 0.0210 e. The predicted molar refractivity (Wildman–Crippen MR) is 39.5 cm³/mol. The molecule has 0 bridgehead atoms. The fraction of sp³-hybridized carbons (Fsp3) is 1.00. The summed E-state index contributed by atoms with van der Waals surface area (Å²) in [6, 6.07) is 0.644. The maximum atomic E-state index is 5.08. The van der Waals surface area contributed by atoms with E-state index in [1.807, 2.05) is 0 Å². The third-order valence-electron chi connectivity index (χ3n) is 1.34. The summed E-state index contributed by atoms with van der Waals surface area (Å²) in [6.45, 7) is 0. The summed E-state index contributed by atoms with van der Waals surface area (Å²) in [6.07, 6.45) is 3.90. The molecule has 1 aliphatic rings. The van der Waals surface area contributed by atoms with Crippen molar-refractivity contribution in [2.75, 3.05) is 0 Å². The van der Waals surface area contributed by atoms with Crippen molar-refractivity contribution in [2.45, 2.75) is 25.3 Å². The first-order valence-corrected chi connectivity index (χ1v) is 2.39. The maximum Gasteiger partial charge on any atom is 0.0210 e. The van der Waals surface area contributed by atoms with Crippen LogP contribution in [0, 0.1) is 0 Å². The topological polar surface area (TPSA) is 38.0 Å². The summed E-state index contributed by atoms with van der Waals surface area (Å²) >= 11 is 0. The Morgan fingerprint density at radius 2 is 1.75 bits per heavy atom. The summed E-state index contributed by atoms with van der Waals surface area (Å²) in [4.78, 5) is 0. The highest BCUT2D eigenvalue weighted by Crippen LogP contribution is 2.16. The van der Waals surface area contributed by atoms with E-state index >= 15 is 0 Å². The minimum atomic E-state index is 0. The highest BCUT2D eigenvalue weighted by Gasteiger charge is 2.13. The van der Waals surface area contributed by atoms with Crippen LogP contribution in [0.1, 0.15) is 19.3 Å². The maximum absolute atomic E-state index is 5.08. The molecule has 0 aromatic rings. The van der Waals surface area contributed by atoms with E-state index in [0.29, 0.717) is 6.04 Å². The molecule has 0 unspecified atom stereocenters. The van der Waals surface area contributed by atoms with E-state index in [1.165, 1.54) is 19.3 Å². The van der Waals surface area contributed by atoms with Crippen molar-refractivity contribution in [3.63, 3.8) is 0 Å². The van der Waals surface area contributed by atoms with Crippen molar-refractivity contribution in [3.8, 4) is 0 Å². The Hall–Kier alpha value is 0.500. The molecule has 4 heteroatoms. The lowest BCUT2D eigenvalue weighted by Crippen LogP contribution is -2.39. The summed E-state index contributed by atoms with van der Waals surface area (Å²) in [5.41, 5.74) is 2.70. The third-order valence-corrected chi connectivity index (χ3v) is 1.34. The zero-order valence-corrected chi connectivity index (χ0v) is 6.23. The van der Waals surface area contributed by atoms with Crippen molar-refractivity contribution in [1.82, 2.24) is 5.43 Å². The van der Waals surface area contributed by atoms with Gasteiger partial charge in [0.1, 0.15) is 0 Å². The number of nitrogens with two attached hydrogens (primary N) is 1. The molecule has 0 heterocycles. The molecular weight excluding hydrogens is 147 g/mol. The van der Waals surface area contributed by atoms with E-state index in [1.54, 1.807) is 0 Å². The minimum Gasteiger partial charge on any atom is -0.271 e. The average molecular weight is 159 g/mol. The van der Waals surface area contributed by atoms with Gasteiger partial charge in [0.05, 0.1) is 0 Å². The highest BCUT2D eigenvalue weighted by atomic mass is 35.5. The van der Waals surface area contributed by atoms with Crippen molar-refractivity contribution in [3.05, 3.63) is 0 Å². The van der Waals surface area contributed by atoms with Crippen LogP contribution in [0.15, 0.2) is 0 Å². The molecule has 3 N–H and O–H groups in total. The number of halogens is 2. The molecule has 1 fully saturated rings. The summed E-state index contributed by atoms with van der Waals surface area (Å²) in [5, 5.41) is 0. The minimum absolute atomic E-state index is 0. The van der Waals surface area contributed by atoms with Crippen LogP contribution in [-0.2, 0) is 0 Å². The third kappa shape index (κ3) is 2.72. The molecule has 0 spiro atoms. The molecule has 0 atom stereocenters. The van der Waals surface area contributed by atoms with Gasteiger partial charge in [-0.1, -0.05) is 6.42 Å². The van der Waals surface area contributed by atoms with Crippen LogP contribution in [0.3, 0.4) is 0 Å². The molecule has 0 radical (unpaired) electrons. The largest absolute Gasteiger partial charge is 0.271 e. The Morgan fingerprint density at radius 3 is 1.75 bits per heavy atom. The molecule has 0 aromatic carbocycles. The van der Waals surface area contributed by atoms with E-state index in [-0.39, 0.29) is 24.8 Å². The SMILES string of the molecule is Cl.Cl.NNC1CCC1. The Bertz CT molecular complexity index is 44.5. The fourth-order valence-corrected chi connectivity index (χ4v) is 0.575. The van der Waals surface area contributed by atoms with E-state index in [0.717, 1.165) is 0 Å². The van der Waals surface area contributed by atoms with Crippen LogP contribution >= 0.6 is 24.8 Å². The normalized spacial score (nSPS) is 17.6. The van der Waals surface area contributed by atoms with Gasteiger partial charge in [-0.25, -0.2) is 0 Å². The zero-order valence-electron chi connectivity index (χ0n) is 4.59. The van der Waals surface area contributed by atoms with Crippen molar-refractivity contribution in [2.24, 2.45) is 5.84 Å². The fourth-order valence-electron chi connectivity index (χ4n) is 0.575. The molecule has 1 rings (SSSR count). The molecule has 8 heavy (non-hydrogen) atoms. The molecule has 0 aromatic heterocycles. The first-order valence-electron chi connectivity index (χ1n) is 2.39. The van der Waals surface area contributed by atoms with Crippen LogP contribution < -0.4 is 11.3 Å². The van der Waals surface area contributed by atoms with Crippen LogP contribution in [0.2, 0.25) is 0 Å². The Morgan fingerprint density at radius 1 is 1.25 bits per heavy atom. The summed E-state index contributed by atoms with van der Waals surface area (Å²) in [7, 11) is 0. The Kier molecular flexibility index (Phi) is 7.97. The average Bonchev–Trinajstić information content (AvgIpc) is 1.31. The summed E-state index contributed by atoms with van der Waals surface area (Å²) in [5.74, 6) is 5.08. The molecule has 1 saturated carbocycles. The van der Waals surface area contributed by atoms with Crippen LogP contribution in [0.4, 0.5) is 0 Å². The van der Waals surface area contributed by atoms with Gasteiger partial charge >= 0.3 is 0 Å². The van der Waals surface area contributed by atoms with Gasteiger partial charge in [0.15, 0.2) is 0 Å². The van der Waals surface area contributed by atoms with E-state index in [9.17, 15) is 0 Å². The molecular formula is C4H12Cl2N2. The molecule has 0 aliphatic heterocycles. The van der Waals surface area contributed by atoms with Gasteiger partial charge in [-0.05, 0) is 12.8 Å². The second-order valence-electron chi connectivity index (χ2n) is 1.79. The van der Waals surface area contributed by atoms with Gasteiger partial charge in [-0.3, -0.25) is 11.3 Å². The first kappa shape index (κ1) is 11.3. The number of hydrazine groups is 1. The Balaban J connectivity index is 0. The van der Waals surface area contributed by atoms with Gasteiger partial charge in [0.25, 0.3) is 0 Å². The number of rotatable bonds is 1. The van der Waals surface area contributed by atoms with Gasteiger partial charge in [-0.2, -0.15) is 0 Å². The summed E-state index contributed by atoms with van der Waals surface area (Å²) < 4.78 is 0. The second kappa shape index (κ2) is 5.63. The van der Waals surface area contributed by atoms with Crippen LogP contribution in [0.25, 0.3) is 0 Å². The lowest BCUT2D eigenvalue weighted by Gasteiger charge is -2.23. The standard InChI is InChI=1S/C4H10N2.2ClH/c5-6-4-2-1-3-4;;/h4,6H,1-3,5H2;2*1H.